The van der Waals surface area contributed by atoms with Gasteiger partial charge in [0.15, 0.2) is 0 Å². The zero-order valence-corrected chi connectivity index (χ0v) is 16.8. The van der Waals surface area contributed by atoms with E-state index in [0.29, 0.717) is 11.8 Å². The molecule has 1 fully saturated rings. The largest absolute Gasteiger partial charge is 0.342 e. The maximum atomic E-state index is 12.9. The summed E-state index contributed by atoms with van der Waals surface area (Å²) in [6.45, 7) is 7.15. The Labute approximate surface area is 163 Å². The van der Waals surface area contributed by atoms with Crippen LogP contribution in [0.4, 0.5) is 0 Å². The molecule has 0 saturated carbocycles. The Morgan fingerprint density at radius 2 is 1.78 bits per heavy atom. The Morgan fingerprint density at radius 3 is 2.41 bits per heavy atom. The van der Waals surface area contributed by atoms with E-state index < -0.39 is 0 Å². The third kappa shape index (κ3) is 5.00. The van der Waals surface area contributed by atoms with Crippen LogP contribution < -0.4 is 0 Å². The molecule has 1 aromatic heterocycles. The fraction of sp³-hybridized carbons (Fsp3) is 0.565. The van der Waals surface area contributed by atoms with E-state index in [-0.39, 0.29) is 5.92 Å². The maximum absolute atomic E-state index is 12.9. The van der Waals surface area contributed by atoms with Crippen LogP contribution in [0.25, 0.3) is 11.4 Å². The lowest BCUT2D eigenvalue weighted by molar-refractivity contribution is -0.137. The molecule has 3 rings (SSSR count). The third-order valence-corrected chi connectivity index (χ3v) is 5.75. The molecule has 0 bridgehead atoms. The highest BCUT2D eigenvalue weighted by atomic mass is 16.2. The summed E-state index contributed by atoms with van der Waals surface area (Å²) in [5, 5.41) is 0. The molecule has 1 amide bonds. The van der Waals surface area contributed by atoms with Crippen LogP contribution >= 0.6 is 0 Å². The molecule has 0 unspecified atom stereocenters. The predicted octanol–water partition coefficient (Wildman–Crippen LogP) is 5.01. The fourth-order valence-corrected chi connectivity index (χ4v) is 4.26. The number of carbonyl (C=O) groups excluding carboxylic acids is 1. The highest BCUT2D eigenvalue weighted by molar-refractivity contribution is 5.78. The molecule has 1 aliphatic heterocycles. The highest BCUT2D eigenvalue weighted by Gasteiger charge is 2.27. The third-order valence-electron chi connectivity index (χ3n) is 5.75. The molecule has 2 heterocycles. The summed E-state index contributed by atoms with van der Waals surface area (Å²) in [5.41, 5.74) is 1.16. The second-order valence-corrected chi connectivity index (χ2v) is 7.81. The number of piperidine rings is 1. The van der Waals surface area contributed by atoms with Gasteiger partial charge in [0.25, 0.3) is 0 Å². The molecule has 2 aromatic rings. The molecule has 146 valence electrons. The van der Waals surface area contributed by atoms with Gasteiger partial charge in [-0.15, -0.1) is 0 Å². The monoisotopic (exact) mass is 367 g/mol. The van der Waals surface area contributed by atoms with Gasteiger partial charge in [-0.05, 0) is 31.6 Å². The highest BCUT2D eigenvalue weighted by Crippen LogP contribution is 2.25. The van der Waals surface area contributed by atoms with Crippen LogP contribution in [0.1, 0.15) is 52.4 Å². The van der Waals surface area contributed by atoms with Crippen molar-refractivity contribution in [3.8, 4) is 11.4 Å². The van der Waals surface area contributed by atoms with Gasteiger partial charge in [0.2, 0.25) is 5.91 Å². The summed E-state index contributed by atoms with van der Waals surface area (Å²) in [6, 6.07) is 10.4. The summed E-state index contributed by atoms with van der Waals surface area (Å²) in [5.74, 6) is 2.28. The Morgan fingerprint density at radius 1 is 1.11 bits per heavy atom. The summed E-state index contributed by atoms with van der Waals surface area (Å²) in [7, 11) is 0. The summed E-state index contributed by atoms with van der Waals surface area (Å²) >= 11 is 0. The summed E-state index contributed by atoms with van der Waals surface area (Å²) in [4.78, 5) is 19.5. The minimum Gasteiger partial charge on any atom is -0.342 e. The van der Waals surface area contributed by atoms with Gasteiger partial charge in [-0.3, -0.25) is 4.79 Å². The SMILES string of the molecule is CCCC(CCC)C(=O)N1CCC(Cn2ccnc2-c2ccccc2)CC1. The molecule has 0 N–H and O–H groups in total. The van der Waals surface area contributed by atoms with Crippen molar-refractivity contribution >= 4 is 5.91 Å². The van der Waals surface area contributed by atoms with Crippen LogP contribution in [0, 0.1) is 11.8 Å². The van der Waals surface area contributed by atoms with E-state index in [1.54, 1.807) is 0 Å². The van der Waals surface area contributed by atoms with E-state index in [1.807, 2.05) is 12.3 Å². The van der Waals surface area contributed by atoms with Crippen molar-refractivity contribution in [2.75, 3.05) is 13.1 Å². The van der Waals surface area contributed by atoms with Gasteiger partial charge in [0, 0.05) is 43.5 Å². The lowest BCUT2D eigenvalue weighted by atomic mass is 9.92. The Kier molecular flexibility index (Phi) is 7.08. The van der Waals surface area contributed by atoms with E-state index in [9.17, 15) is 4.79 Å². The number of rotatable bonds is 8. The molecule has 0 spiro atoms. The predicted molar refractivity (Wildman–Crippen MR) is 110 cm³/mol. The molecule has 4 nitrogen and oxygen atoms in total. The van der Waals surface area contributed by atoms with Crippen molar-refractivity contribution < 1.29 is 4.79 Å². The molecule has 4 heteroatoms. The molecule has 0 atom stereocenters. The fourth-order valence-electron chi connectivity index (χ4n) is 4.26. The molecule has 1 aromatic carbocycles. The Hall–Kier alpha value is -2.10. The number of nitrogens with zero attached hydrogens (tertiary/aromatic N) is 3. The van der Waals surface area contributed by atoms with Crippen LogP contribution in [0.3, 0.4) is 0 Å². The van der Waals surface area contributed by atoms with Crippen LogP contribution in [0.15, 0.2) is 42.7 Å². The van der Waals surface area contributed by atoms with E-state index >= 15 is 0 Å². The quantitative estimate of drug-likeness (QED) is 0.658. The van der Waals surface area contributed by atoms with Gasteiger partial charge in [-0.2, -0.15) is 0 Å². The number of hydrogen-bond donors (Lipinski definition) is 0. The summed E-state index contributed by atoms with van der Waals surface area (Å²) in [6.07, 6.45) is 10.4. The number of likely N-dealkylation sites (tertiary alicyclic amines) is 1. The molecule has 1 saturated heterocycles. The average Bonchev–Trinajstić information content (AvgIpc) is 3.17. The standard InChI is InChI=1S/C23H33N3O/c1-3-8-21(9-4-2)23(27)25-15-12-19(13-16-25)18-26-17-14-24-22(26)20-10-6-5-7-11-20/h5-7,10-11,14,17,19,21H,3-4,8-9,12-13,15-16,18H2,1-2H3. The summed E-state index contributed by atoms with van der Waals surface area (Å²) < 4.78 is 2.27. The van der Waals surface area contributed by atoms with Crippen LogP contribution in [0.2, 0.25) is 0 Å². The number of imidazole rings is 1. The smallest absolute Gasteiger partial charge is 0.225 e. The lowest BCUT2D eigenvalue weighted by Crippen LogP contribution is -2.42. The van der Waals surface area contributed by atoms with Gasteiger partial charge in [-0.25, -0.2) is 4.98 Å². The van der Waals surface area contributed by atoms with Crippen molar-refractivity contribution in [3.63, 3.8) is 0 Å². The van der Waals surface area contributed by atoms with Gasteiger partial charge < -0.3 is 9.47 Å². The van der Waals surface area contributed by atoms with Crippen molar-refractivity contribution in [1.29, 1.82) is 0 Å². The topological polar surface area (TPSA) is 38.1 Å². The first-order valence-electron chi connectivity index (χ1n) is 10.6. The Balaban J connectivity index is 1.56. The van der Waals surface area contributed by atoms with Gasteiger partial charge >= 0.3 is 0 Å². The lowest BCUT2D eigenvalue weighted by Gasteiger charge is -2.34. The second kappa shape index (κ2) is 9.72. The van der Waals surface area contributed by atoms with Crippen molar-refractivity contribution in [2.45, 2.75) is 58.9 Å². The van der Waals surface area contributed by atoms with E-state index in [0.717, 1.165) is 69.5 Å². The first kappa shape index (κ1) is 19.7. The number of hydrogen-bond acceptors (Lipinski definition) is 2. The molecular formula is C23H33N3O. The molecule has 1 aliphatic rings. The van der Waals surface area contributed by atoms with Gasteiger partial charge in [0.1, 0.15) is 5.82 Å². The average molecular weight is 368 g/mol. The second-order valence-electron chi connectivity index (χ2n) is 7.81. The minimum absolute atomic E-state index is 0.231. The van der Waals surface area contributed by atoms with Crippen LogP contribution in [-0.4, -0.2) is 33.4 Å². The zero-order valence-electron chi connectivity index (χ0n) is 16.8. The number of amides is 1. The van der Waals surface area contributed by atoms with E-state index in [4.69, 9.17) is 0 Å². The van der Waals surface area contributed by atoms with Gasteiger partial charge in [0.05, 0.1) is 0 Å². The first-order valence-corrected chi connectivity index (χ1v) is 10.6. The Bertz CT molecular complexity index is 695. The first-order chi connectivity index (χ1) is 13.2. The molecule has 0 aliphatic carbocycles. The molecule has 27 heavy (non-hydrogen) atoms. The minimum atomic E-state index is 0.231. The number of carbonyl (C=O) groups is 1. The van der Waals surface area contributed by atoms with Crippen molar-refractivity contribution in [2.24, 2.45) is 11.8 Å². The van der Waals surface area contributed by atoms with E-state index in [1.165, 1.54) is 0 Å². The van der Waals surface area contributed by atoms with Gasteiger partial charge in [-0.1, -0.05) is 57.0 Å². The van der Waals surface area contributed by atoms with E-state index in [2.05, 4.69) is 58.8 Å². The van der Waals surface area contributed by atoms with Crippen LogP contribution in [0.5, 0.6) is 0 Å². The van der Waals surface area contributed by atoms with Crippen molar-refractivity contribution in [3.05, 3.63) is 42.7 Å². The zero-order chi connectivity index (χ0) is 19.1. The van der Waals surface area contributed by atoms with Crippen LogP contribution in [-0.2, 0) is 11.3 Å². The molecule has 0 radical (unpaired) electrons. The molecular weight excluding hydrogens is 334 g/mol. The number of aromatic nitrogens is 2. The normalized spacial score (nSPS) is 15.4. The number of benzene rings is 1. The van der Waals surface area contributed by atoms with Crippen molar-refractivity contribution in [1.82, 2.24) is 14.5 Å². The maximum Gasteiger partial charge on any atom is 0.225 e.